The molecular weight excluding hydrogens is 321 g/mol. The molecule has 0 aliphatic heterocycles. The molecule has 3 rings (SSSR count). The predicted molar refractivity (Wildman–Crippen MR) is 88.9 cm³/mol. The number of aryl methyl sites for hydroxylation is 1. The molecule has 0 radical (unpaired) electrons. The summed E-state index contributed by atoms with van der Waals surface area (Å²) >= 11 is 3.13. The third kappa shape index (κ3) is 2.87. The largest absolute Gasteiger partial charge is 0.305 e. The van der Waals surface area contributed by atoms with Gasteiger partial charge in [0.25, 0.3) is 0 Å². The number of hydrogen-bond donors (Lipinski definition) is 0. The molecule has 0 N–H and O–H groups in total. The van der Waals surface area contributed by atoms with Gasteiger partial charge >= 0.3 is 0 Å². The van der Waals surface area contributed by atoms with Crippen LogP contribution in [-0.4, -0.2) is 34.4 Å². The maximum absolute atomic E-state index is 13.3. The van der Waals surface area contributed by atoms with Gasteiger partial charge < -0.3 is 4.90 Å². The van der Waals surface area contributed by atoms with E-state index in [0.29, 0.717) is 15.8 Å². The lowest BCUT2D eigenvalue weighted by Gasteiger charge is -2.15. The number of halogens is 1. The Bertz CT molecular complexity index is 719. The molecule has 1 unspecified atom stereocenters. The highest BCUT2D eigenvalue weighted by Crippen LogP contribution is 2.43. The van der Waals surface area contributed by atoms with Crippen molar-refractivity contribution in [1.82, 2.24) is 9.97 Å². The molecule has 1 fully saturated rings. The number of carbonyl (C=O) groups excluding carboxylic acids is 1. The van der Waals surface area contributed by atoms with Crippen LogP contribution in [0.2, 0.25) is 0 Å². The van der Waals surface area contributed by atoms with Crippen LogP contribution in [0.4, 0.5) is 9.39 Å². The summed E-state index contributed by atoms with van der Waals surface area (Å²) in [5, 5.41) is 1.93. The molecule has 1 aliphatic rings. The Morgan fingerprint density at radius 1 is 1.50 bits per heavy atom. The van der Waals surface area contributed by atoms with Gasteiger partial charge in [0.2, 0.25) is 5.91 Å². The number of aromatic nitrogens is 2. The third-order valence-corrected chi connectivity index (χ3v) is 6.12. The van der Waals surface area contributed by atoms with Crippen molar-refractivity contribution in [3.63, 3.8) is 0 Å². The van der Waals surface area contributed by atoms with Gasteiger partial charge in [0.15, 0.2) is 0 Å². The number of nitrogens with zero attached hydrogens (tertiary/aromatic N) is 3. The van der Waals surface area contributed by atoms with Crippen LogP contribution in [0.15, 0.2) is 18.5 Å². The number of anilines is 1. The third-order valence-electron chi connectivity index (χ3n) is 3.71. The van der Waals surface area contributed by atoms with Gasteiger partial charge in [-0.3, -0.25) is 9.78 Å². The summed E-state index contributed by atoms with van der Waals surface area (Å²) in [6.45, 7) is 1.87. The molecule has 4 nitrogen and oxygen atoms in total. The summed E-state index contributed by atoms with van der Waals surface area (Å²) in [5.41, 5.74) is 1.41. The van der Waals surface area contributed by atoms with E-state index in [-0.39, 0.29) is 11.8 Å². The molecule has 2 atom stereocenters. The molecule has 1 saturated carbocycles. The second-order valence-corrected chi connectivity index (χ2v) is 7.37. The maximum Gasteiger partial charge on any atom is 0.231 e. The van der Waals surface area contributed by atoms with Crippen LogP contribution in [-0.2, 0) is 4.79 Å². The van der Waals surface area contributed by atoms with E-state index in [0.717, 1.165) is 23.3 Å². The number of thiazole rings is 1. The summed E-state index contributed by atoms with van der Waals surface area (Å²) in [5.74, 6) is -0.145. The quantitative estimate of drug-likeness (QED) is 0.858. The Kier molecular flexibility index (Phi) is 4.18. The van der Waals surface area contributed by atoms with E-state index in [2.05, 4.69) is 9.97 Å². The minimum absolute atomic E-state index is 0.112. The topological polar surface area (TPSA) is 46.1 Å². The van der Waals surface area contributed by atoms with Gasteiger partial charge in [-0.25, -0.2) is 9.37 Å². The fourth-order valence-electron chi connectivity index (χ4n) is 2.39. The molecule has 1 aliphatic carbocycles. The fraction of sp³-hybridized carbons (Fsp3) is 0.400. The number of hydrogen-bond acceptors (Lipinski definition) is 5. The second kappa shape index (κ2) is 5.96. The summed E-state index contributed by atoms with van der Waals surface area (Å²) in [7, 11) is 1.78. The molecule has 0 bridgehead atoms. The molecular formula is C15H16FN3OS2. The average Bonchev–Trinajstić information content (AvgIpc) is 3.20. The van der Waals surface area contributed by atoms with Crippen molar-refractivity contribution in [3.8, 4) is 10.6 Å². The van der Waals surface area contributed by atoms with Gasteiger partial charge in [-0.15, -0.1) is 0 Å². The van der Waals surface area contributed by atoms with Crippen molar-refractivity contribution in [1.29, 1.82) is 0 Å². The number of pyridine rings is 1. The molecule has 0 aromatic carbocycles. The minimum atomic E-state index is -0.392. The van der Waals surface area contributed by atoms with Crippen molar-refractivity contribution >= 4 is 34.0 Å². The van der Waals surface area contributed by atoms with Gasteiger partial charge in [0.1, 0.15) is 15.8 Å². The highest BCUT2D eigenvalue weighted by Gasteiger charge is 2.44. The molecule has 7 heteroatoms. The fourth-order valence-corrected chi connectivity index (χ4v) is 4.25. The van der Waals surface area contributed by atoms with Crippen LogP contribution >= 0.6 is 23.1 Å². The van der Waals surface area contributed by atoms with Crippen LogP contribution in [0.5, 0.6) is 0 Å². The van der Waals surface area contributed by atoms with Gasteiger partial charge in [0, 0.05) is 24.1 Å². The van der Waals surface area contributed by atoms with Crippen LogP contribution in [0.25, 0.3) is 10.6 Å². The maximum atomic E-state index is 13.3. The summed E-state index contributed by atoms with van der Waals surface area (Å²) in [6.07, 6.45) is 5.72. The Morgan fingerprint density at radius 2 is 2.27 bits per heavy atom. The first-order valence-electron chi connectivity index (χ1n) is 6.90. The number of rotatable bonds is 4. The second-order valence-electron chi connectivity index (χ2n) is 5.32. The van der Waals surface area contributed by atoms with E-state index >= 15 is 0 Å². The summed E-state index contributed by atoms with van der Waals surface area (Å²) < 4.78 is 13.3. The van der Waals surface area contributed by atoms with Crippen molar-refractivity contribution in [2.24, 2.45) is 5.92 Å². The first kappa shape index (κ1) is 15.4. The van der Waals surface area contributed by atoms with Crippen molar-refractivity contribution in [3.05, 3.63) is 30.0 Å². The molecule has 2 aromatic rings. The van der Waals surface area contributed by atoms with Gasteiger partial charge in [-0.05, 0) is 25.7 Å². The van der Waals surface area contributed by atoms with E-state index < -0.39 is 5.82 Å². The number of carbonyl (C=O) groups is 1. The highest BCUT2D eigenvalue weighted by atomic mass is 32.2. The standard InChI is InChI=1S/C15H16FN3OS2/c1-8-15(19(2)14(20)11-5-12(11)21-3)22-13(18-8)9-4-10(16)7-17-6-9/h4,6-7,11-12H,5H2,1-3H3/t11?,12-/m0/s1. The van der Waals surface area contributed by atoms with Gasteiger partial charge in [0.05, 0.1) is 17.8 Å². The van der Waals surface area contributed by atoms with Crippen LogP contribution in [0, 0.1) is 18.7 Å². The Morgan fingerprint density at radius 3 is 2.91 bits per heavy atom. The molecule has 0 spiro atoms. The van der Waals surface area contributed by atoms with E-state index in [9.17, 15) is 9.18 Å². The molecule has 0 saturated heterocycles. The lowest BCUT2D eigenvalue weighted by molar-refractivity contribution is -0.119. The smallest absolute Gasteiger partial charge is 0.231 e. The first-order valence-corrected chi connectivity index (χ1v) is 9.00. The van der Waals surface area contributed by atoms with Crippen molar-refractivity contribution in [2.75, 3.05) is 18.2 Å². The van der Waals surface area contributed by atoms with E-state index in [1.54, 1.807) is 29.9 Å². The first-order chi connectivity index (χ1) is 10.5. The van der Waals surface area contributed by atoms with Crippen LogP contribution in [0.3, 0.4) is 0 Å². The Hall–Kier alpha value is -1.47. The molecule has 116 valence electrons. The zero-order valence-electron chi connectivity index (χ0n) is 12.5. The predicted octanol–water partition coefficient (Wildman–Crippen LogP) is 3.37. The average molecular weight is 337 g/mol. The summed E-state index contributed by atoms with van der Waals surface area (Å²) in [6, 6.07) is 1.40. The van der Waals surface area contributed by atoms with E-state index in [1.165, 1.54) is 17.4 Å². The van der Waals surface area contributed by atoms with E-state index in [1.807, 2.05) is 13.2 Å². The zero-order chi connectivity index (χ0) is 15.9. The van der Waals surface area contributed by atoms with Gasteiger partial charge in [-0.2, -0.15) is 11.8 Å². The van der Waals surface area contributed by atoms with Crippen molar-refractivity contribution < 1.29 is 9.18 Å². The SMILES string of the molecule is CS[C@H]1CC1C(=O)N(C)c1sc(-c2cncc(F)c2)nc1C. The lowest BCUT2D eigenvalue weighted by Crippen LogP contribution is -2.28. The van der Waals surface area contributed by atoms with Gasteiger partial charge in [-0.1, -0.05) is 11.3 Å². The van der Waals surface area contributed by atoms with E-state index in [4.69, 9.17) is 0 Å². The number of amides is 1. The zero-order valence-corrected chi connectivity index (χ0v) is 14.2. The Labute approximate surface area is 136 Å². The number of thioether (sulfide) groups is 1. The minimum Gasteiger partial charge on any atom is -0.305 e. The Balaban J connectivity index is 1.85. The highest BCUT2D eigenvalue weighted by molar-refractivity contribution is 7.99. The molecule has 2 heterocycles. The molecule has 22 heavy (non-hydrogen) atoms. The van der Waals surface area contributed by atoms with Crippen molar-refractivity contribution in [2.45, 2.75) is 18.6 Å². The normalized spacial score (nSPS) is 20.0. The lowest BCUT2D eigenvalue weighted by atomic mass is 10.3. The summed E-state index contributed by atoms with van der Waals surface area (Å²) in [4.78, 5) is 22.4. The van der Waals surface area contributed by atoms with Crippen LogP contribution < -0.4 is 4.90 Å². The molecule has 1 amide bonds. The van der Waals surface area contributed by atoms with Crippen LogP contribution in [0.1, 0.15) is 12.1 Å². The molecule has 2 aromatic heterocycles. The monoisotopic (exact) mass is 337 g/mol.